The predicted octanol–water partition coefficient (Wildman–Crippen LogP) is 1.000. The van der Waals surface area contributed by atoms with Crippen molar-refractivity contribution in [3.05, 3.63) is 0 Å². The van der Waals surface area contributed by atoms with E-state index in [9.17, 15) is 4.79 Å². The van der Waals surface area contributed by atoms with Crippen LogP contribution in [0.5, 0.6) is 0 Å². The molecule has 108 valence electrons. The molecule has 0 rings (SSSR count). The second kappa shape index (κ2) is 17.3. The first-order chi connectivity index (χ1) is 7.84. The summed E-state index contributed by atoms with van der Waals surface area (Å²) in [5.41, 5.74) is 0. The summed E-state index contributed by atoms with van der Waals surface area (Å²) in [4.78, 5) is 36.7. The quantitative estimate of drug-likeness (QED) is 0.550. The fourth-order valence-electron chi connectivity index (χ4n) is 0. The van der Waals surface area contributed by atoms with Crippen LogP contribution in [0.4, 0.5) is 0 Å². The standard InChI is InChI=1S/C4H8O2.3C2H4O2/c1-3(2)4(5)6;3*1-2(3)4/h3H,1-2H3,(H,5,6);3*1H3,(H,3,4). The SMILES string of the molecule is CC(=O)O.CC(=O)O.CC(=O)O.CC(C)C(=O)O. The lowest BCUT2D eigenvalue weighted by molar-refractivity contribution is -0.140. The highest BCUT2D eigenvalue weighted by molar-refractivity contribution is 5.68. The van der Waals surface area contributed by atoms with Crippen LogP contribution in [0.2, 0.25) is 0 Å². The Morgan fingerprint density at radius 2 is 0.722 bits per heavy atom. The molecular weight excluding hydrogens is 248 g/mol. The number of carboxylic acid groups (broad SMARTS) is 4. The number of hydrogen-bond acceptors (Lipinski definition) is 4. The number of carboxylic acids is 4. The summed E-state index contributed by atoms with van der Waals surface area (Å²) in [5, 5.41) is 30.2. The molecule has 8 nitrogen and oxygen atoms in total. The summed E-state index contributed by atoms with van der Waals surface area (Å²) in [7, 11) is 0. The Labute approximate surface area is 105 Å². The molecule has 0 spiro atoms. The largest absolute Gasteiger partial charge is 0.481 e. The Morgan fingerprint density at radius 1 is 0.667 bits per heavy atom. The van der Waals surface area contributed by atoms with E-state index in [2.05, 4.69) is 0 Å². The van der Waals surface area contributed by atoms with Gasteiger partial charge in [0.2, 0.25) is 0 Å². The van der Waals surface area contributed by atoms with Gasteiger partial charge in [-0.3, -0.25) is 19.2 Å². The van der Waals surface area contributed by atoms with Crippen molar-refractivity contribution < 1.29 is 39.6 Å². The van der Waals surface area contributed by atoms with Gasteiger partial charge >= 0.3 is 5.97 Å². The van der Waals surface area contributed by atoms with Crippen molar-refractivity contribution in [2.75, 3.05) is 0 Å². The zero-order valence-corrected chi connectivity index (χ0v) is 11.0. The molecule has 0 heterocycles. The fourth-order valence-corrected chi connectivity index (χ4v) is 0. The molecule has 0 aliphatic carbocycles. The van der Waals surface area contributed by atoms with Crippen molar-refractivity contribution in [1.29, 1.82) is 0 Å². The zero-order chi connectivity index (χ0) is 15.9. The molecule has 0 aliphatic rings. The fraction of sp³-hybridized carbons (Fsp3) is 0.600. The third-order valence-electron chi connectivity index (χ3n) is 0.494. The molecule has 18 heavy (non-hydrogen) atoms. The van der Waals surface area contributed by atoms with E-state index in [4.69, 9.17) is 34.8 Å². The van der Waals surface area contributed by atoms with Crippen LogP contribution in [0.1, 0.15) is 34.6 Å². The smallest absolute Gasteiger partial charge is 0.305 e. The molecule has 8 heteroatoms. The molecule has 0 fully saturated rings. The second-order valence-corrected chi connectivity index (χ2v) is 3.05. The first-order valence-corrected chi connectivity index (χ1v) is 4.65. The second-order valence-electron chi connectivity index (χ2n) is 3.05. The number of carbonyl (C=O) groups is 4. The van der Waals surface area contributed by atoms with Gasteiger partial charge < -0.3 is 20.4 Å². The summed E-state index contributed by atoms with van der Waals surface area (Å²) in [6.45, 7) is 6.53. The average molecular weight is 268 g/mol. The first-order valence-electron chi connectivity index (χ1n) is 4.65. The molecule has 0 amide bonds. The molecule has 0 aromatic heterocycles. The highest BCUT2D eigenvalue weighted by atomic mass is 16.4. The van der Waals surface area contributed by atoms with Gasteiger partial charge in [-0.05, 0) is 0 Å². The van der Waals surface area contributed by atoms with E-state index in [1.165, 1.54) is 0 Å². The maximum absolute atomic E-state index is 9.70. The van der Waals surface area contributed by atoms with Gasteiger partial charge in [-0.15, -0.1) is 0 Å². The summed E-state index contributed by atoms with van der Waals surface area (Å²) in [6, 6.07) is 0. The van der Waals surface area contributed by atoms with Gasteiger partial charge in [0.25, 0.3) is 17.9 Å². The Kier molecular flexibility index (Phi) is 23.9. The molecule has 0 bridgehead atoms. The van der Waals surface area contributed by atoms with Gasteiger partial charge in [-0.1, -0.05) is 13.8 Å². The monoisotopic (exact) mass is 268 g/mol. The summed E-state index contributed by atoms with van der Waals surface area (Å²) >= 11 is 0. The van der Waals surface area contributed by atoms with Crippen LogP contribution >= 0.6 is 0 Å². The minimum atomic E-state index is -0.833. The van der Waals surface area contributed by atoms with Crippen molar-refractivity contribution in [3.63, 3.8) is 0 Å². The van der Waals surface area contributed by atoms with Crippen LogP contribution in [0.3, 0.4) is 0 Å². The Hall–Kier alpha value is -2.12. The van der Waals surface area contributed by atoms with Crippen LogP contribution in [0, 0.1) is 5.92 Å². The minimum absolute atomic E-state index is 0.231. The van der Waals surface area contributed by atoms with Gasteiger partial charge in [-0.25, -0.2) is 0 Å². The zero-order valence-electron chi connectivity index (χ0n) is 11.0. The topological polar surface area (TPSA) is 149 Å². The molecule has 0 unspecified atom stereocenters. The Bertz CT molecular complexity index is 216. The summed E-state index contributed by atoms with van der Waals surface area (Å²) in [5.74, 6) is -3.47. The van der Waals surface area contributed by atoms with Crippen LogP contribution in [-0.2, 0) is 19.2 Å². The van der Waals surface area contributed by atoms with Crippen LogP contribution in [-0.4, -0.2) is 44.3 Å². The normalized spacial score (nSPS) is 7.22. The van der Waals surface area contributed by atoms with Gasteiger partial charge in [-0.2, -0.15) is 0 Å². The van der Waals surface area contributed by atoms with Crippen molar-refractivity contribution in [2.24, 2.45) is 5.92 Å². The van der Waals surface area contributed by atoms with Crippen LogP contribution in [0.25, 0.3) is 0 Å². The summed E-state index contributed by atoms with van der Waals surface area (Å²) < 4.78 is 0. The molecule has 0 atom stereocenters. The minimum Gasteiger partial charge on any atom is -0.481 e. The van der Waals surface area contributed by atoms with E-state index in [0.717, 1.165) is 20.8 Å². The predicted molar refractivity (Wildman–Crippen MR) is 62.4 cm³/mol. The molecule has 0 radical (unpaired) electrons. The molecule has 0 aromatic carbocycles. The van der Waals surface area contributed by atoms with Gasteiger partial charge in [0, 0.05) is 20.8 Å². The van der Waals surface area contributed by atoms with Crippen molar-refractivity contribution in [2.45, 2.75) is 34.6 Å². The molecule has 0 aromatic rings. The van der Waals surface area contributed by atoms with Gasteiger partial charge in [0.05, 0.1) is 5.92 Å². The van der Waals surface area contributed by atoms with Gasteiger partial charge in [0.1, 0.15) is 0 Å². The van der Waals surface area contributed by atoms with Crippen molar-refractivity contribution >= 4 is 23.9 Å². The molecule has 4 N–H and O–H groups in total. The lowest BCUT2D eigenvalue weighted by atomic mass is 10.2. The van der Waals surface area contributed by atoms with E-state index in [1.54, 1.807) is 13.8 Å². The lowest BCUT2D eigenvalue weighted by Crippen LogP contribution is -2.03. The number of rotatable bonds is 1. The van der Waals surface area contributed by atoms with E-state index >= 15 is 0 Å². The van der Waals surface area contributed by atoms with E-state index in [-0.39, 0.29) is 5.92 Å². The Morgan fingerprint density at radius 3 is 0.722 bits per heavy atom. The molecular formula is C10H20O8. The molecule has 0 saturated heterocycles. The maximum Gasteiger partial charge on any atom is 0.305 e. The summed E-state index contributed by atoms with van der Waals surface area (Å²) in [6.07, 6.45) is 0. The van der Waals surface area contributed by atoms with Gasteiger partial charge in [0.15, 0.2) is 0 Å². The highest BCUT2D eigenvalue weighted by Crippen LogP contribution is 1.87. The van der Waals surface area contributed by atoms with Crippen LogP contribution in [0.15, 0.2) is 0 Å². The third kappa shape index (κ3) is 651. The average Bonchev–Trinajstić information content (AvgIpc) is 1.99. The maximum atomic E-state index is 9.70. The van der Waals surface area contributed by atoms with Crippen molar-refractivity contribution in [3.8, 4) is 0 Å². The van der Waals surface area contributed by atoms with E-state index < -0.39 is 23.9 Å². The molecule has 0 aliphatic heterocycles. The number of hydrogen-bond donors (Lipinski definition) is 4. The van der Waals surface area contributed by atoms with E-state index in [1.807, 2.05) is 0 Å². The molecule has 0 saturated carbocycles. The highest BCUT2D eigenvalue weighted by Gasteiger charge is 1.99. The Balaban J connectivity index is -0.0000000742. The first kappa shape index (κ1) is 24.9. The van der Waals surface area contributed by atoms with Crippen molar-refractivity contribution in [1.82, 2.24) is 0 Å². The van der Waals surface area contributed by atoms with Crippen LogP contribution < -0.4 is 0 Å². The van der Waals surface area contributed by atoms with E-state index in [0.29, 0.717) is 0 Å². The lowest BCUT2D eigenvalue weighted by Gasteiger charge is -1.89. The third-order valence-corrected chi connectivity index (χ3v) is 0.494. The number of aliphatic carboxylic acids is 4.